The monoisotopic (exact) mass is 451 g/mol. The molecule has 32 heavy (non-hydrogen) atoms. The van der Waals surface area contributed by atoms with Crippen LogP contribution in [0.3, 0.4) is 0 Å². The number of amides is 1. The lowest BCUT2D eigenvalue weighted by atomic mass is 10.0. The van der Waals surface area contributed by atoms with Crippen molar-refractivity contribution >= 4 is 29.2 Å². The van der Waals surface area contributed by atoms with Crippen molar-refractivity contribution in [2.45, 2.75) is 32.7 Å². The molecule has 0 fully saturated rings. The van der Waals surface area contributed by atoms with Crippen molar-refractivity contribution in [2.75, 3.05) is 11.5 Å². The maximum Gasteiger partial charge on any atom is 0.341 e. The maximum absolute atomic E-state index is 12.9. The predicted molar refractivity (Wildman–Crippen MR) is 127 cm³/mol. The second kappa shape index (κ2) is 11.3. The molecule has 0 saturated heterocycles. The number of rotatable bonds is 10. The van der Waals surface area contributed by atoms with Gasteiger partial charge in [-0.1, -0.05) is 67.4 Å². The summed E-state index contributed by atoms with van der Waals surface area (Å²) in [5.41, 5.74) is 3.81. The quantitative estimate of drug-likeness (QED) is 0.399. The molecule has 0 aliphatic heterocycles. The van der Waals surface area contributed by atoms with Gasteiger partial charge in [-0.15, -0.1) is 0 Å². The van der Waals surface area contributed by atoms with Gasteiger partial charge in [-0.3, -0.25) is 4.79 Å². The van der Waals surface area contributed by atoms with Gasteiger partial charge in [0.05, 0.1) is 6.54 Å². The van der Waals surface area contributed by atoms with Crippen molar-refractivity contribution in [1.82, 2.24) is 0 Å². The largest absolute Gasteiger partial charge is 0.482 e. The van der Waals surface area contributed by atoms with Crippen molar-refractivity contribution in [3.8, 4) is 16.9 Å². The Hall–Kier alpha value is -3.31. The molecule has 1 amide bonds. The molecule has 0 saturated carbocycles. The minimum atomic E-state index is -1.01. The molecule has 0 aliphatic rings. The smallest absolute Gasteiger partial charge is 0.341 e. The fourth-order valence-electron chi connectivity index (χ4n) is 3.30. The van der Waals surface area contributed by atoms with E-state index in [0.717, 1.165) is 35.2 Å². The molecule has 0 radical (unpaired) electrons. The highest BCUT2D eigenvalue weighted by molar-refractivity contribution is 6.30. The van der Waals surface area contributed by atoms with Crippen LogP contribution in [0.2, 0.25) is 5.02 Å². The fraction of sp³-hybridized carbons (Fsp3) is 0.231. The summed E-state index contributed by atoms with van der Waals surface area (Å²) in [7, 11) is 0. The molecular weight excluding hydrogens is 426 g/mol. The van der Waals surface area contributed by atoms with Crippen molar-refractivity contribution in [1.29, 1.82) is 0 Å². The summed E-state index contributed by atoms with van der Waals surface area (Å²) >= 11 is 6.16. The van der Waals surface area contributed by atoms with E-state index in [-0.39, 0.29) is 12.5 Å². The van der Waals surface area contributed by atoms with Gasteiger partial charge in [-0.25, -0.2) is 4.79 Å². The molecule has 166 valence electrons. The Labute approximate surface area is 193 Å². The Morgan fingerprint density at radius 1 is 0.969 bits per heavy atom. The van der Waals surface area contributed by atoms with E-state index in [1.165, 1.54) is 0 Å². The number of carboxylic acid groups (broad SMARTS) is 1. The van der Waals surface area contributed by atoms with E-state index in [0.29, 0.717) is 23.7 Å². The lowest BCUT2D eigenvalue weighted by Crippen LogP contribution is -2.30. The number of carboxylic acids is 1. The van der Waals surface area contributed by atoms with Crippen LogP contribution in [0.4, 0.5) is 5.69 Å². The zero-order valence-electron chi connectivity index (χ0n) is 18.0. The zero-order valence-corrected chi connectivity index (χ0v) is 18.7. The van der Waals surface area contributed by atoms with Crippen LogP contribution in [0.15, 0.2) is 72.8 Å². The van der Waals surface area contributed by atoms with E-state index in [1.54, 1.807) is 23.1 Å². The standard InChI is InChI=1S/C26H26ClNO4/c1-2-3-7-25(29)28(23-6-4-5-22(27)16-23)17-19-8-10-20(11-9-19)21-12-14-24(15-13-21)32-18-26(30)31/h4-6,8-16H,2-3,7,17-18H2,1H3,(H,30,31). The number of anilines is 1. The molecule has 0 unspecified atom stereocenters. The third-order valence-corrected chi connectivity index (χ3v) is 5.24. The molecule has 0 heterocycles. The summed E-state index contributed by atoms with van der Waals surface area (Å²) in [5.74, 6) is -0.421. The van der Waals surface area contributed by atoms with E-state index in [9.17, 15) is 9.59 Å². The minimum Gasteiger partial charge on any atom is -0.482 e. The van der Waals surface area contributed by atoms with Gasteiger partial charge in [-0.2, -0.15) is 0 Å². The van der Waals surface area contributed by atoms with Crippen LogP contribution in [-0.4, -0.2) is 23.6 Å². The van der Waals surface area contributed by atoms with Gasteiger partial charge >= 0.3 is 5.97 Å². The third-order valence-electron chi connectivity index (χ3n) is 5.01. The minimum absolute atomic E-state index is 0.0788. The average Bonchev–Trinajstić information content (AvgIpc) is 2.80. The number of ether oxygens (including phenoxy) is 1. The fourth-order valence-corrected chi connectivity index (χ4v) is 3.49. The normalized spacial score (nSPS) is 10.6. The third kappa shape index (κ3) is 6.59. The van der Waals surface area contributed by atoms with Gasteiger partial charge in [0.15, 0.2) is 6.61 Å². The van der Waals surface area contributed by atoms with E-state index >= 15 is 0 Å². The number of halogens is 1. The number of benzene rings is 3. The molecular formula is C26H26ClNO4. The molecule has 1 N–H and O–H groups in total. The van der Waals surface area contributed by atoms with Gasteiger partial charge in [0.2, 0.25) is 5.91 Å². The molecule has 5 nitrogen and oxygen atoms in total. The number of nitrogens with zero attached hydrogens (tertiary/aromatic N) is 1. The van der Waals surface area contributed by atoms with Gasteiger partial charge in [0.1, 0.15) is 5.75 Å². The average molecular weight is 452 g/mol. The van der Waals surface area contributed by atoms with E-state index in [1.807, 2.05) is 54.6 Å². The lowest BCUT2D eigenvalue weighted by molar-refractivity contribution is -0.139. The van der Waals surface area contributed by atoms with Crippen LogP contribution < -0.4 is 9.64 Å². The summed E-state index contributed by atoms with van der Waals surface area (Å²) in [6.07, 6.45) is 2.31. The molecule has 0 aliphatic carbocycles. The summed E-state index contributed by atoms with van der Waals surface area (Å²) in [5, 5.41) is 9.30. The first kappa shape index (κ1) is 23.4. The van der Waals surface area contributed by atoms with Crippen molar-refractivity contribution < 1.29 is 19.4 Å². The first-order chi connectivity index (χ1) is 15.5. The summed E-state index contributed by atoms with van der Waals surface area (Å²) < 4.78 is 5.18. The Morgan fingerprint density at radius 3 is 2.22 bits per heavy atom. The summed E-state index contributed by atoms with van der Waals surface area (Å²) in [4.78, 5) is 25.3. The molecule has 6 heteroatoms. The Balaban J connectivity index is 1.74. The molecule has 0 spiro atoms. The number of unbranched alkanes of at least 4 members (excludes halogenated alkanes) is 1. The topological polar surface area (TPSA) is 66.8 Å². The molecule has 3 aromatic rings. The first-order valence-electron chi connectivity index (χ1n) is 10.6. The summed E-state index contributed by atoms with van der Waals surface area (Å²) in [6, 6.07) is 22.7. The van der Waals surface area contributed by atoms with E-state index in [4.69, 9.17) is 21.4 Å². The number of hydrogen-bond acceptors (Lipinski definition) is 3. The van der Waals surface area contributed by atoms with Crippen LogP contribution >= 0.6 is 11.6 Å². The highest BCUT2D eigenvalue weighted by Crippen LogP contribution is 2.26. The van der Waals surface area contributed by atoms with Crippen molar-refractivity contribution in [2.24, 2.45) is 0 Å². The molecule has 3 aromatic carbocycles. The van der Waals surface area contributed by atoms with Crippen LogP contribution in [0, 0.1) is 0 Å². The van der Waals surface area contributed by atoms with Crippen LogP contribution in [0.1, 0.15) is 31.7 Å². The SMILES string of the molecule is CCCCC(=O)N(Cc1ccc(-c2ccc(OCC(=O)O)cc2)cc1)c1cccc(Cl)c1. The van der Waals surface area contributed by atoms with Gasteiger partial charge < -0.3 is 14.7 Å². The second-order valence-corrected chi connectivity index (χ2v) is 7.90. The van der Waals surface area contributed by atoms with Gasteiger partial charge in [0, 0.05) is 17.1 Å². The van der Waals surface area contributed by atoms with Gasteiger partial charge in [-0.05, 0) is 53.4 Å². The molecule has 3 rings (SSSR count). The number of hydrogen-bond donors (Lipinski definition) is 1. The molecule has 0 bridgehead atoms. The second-order valence-electron chi connectivity index (χ2n) is 7.47. The van der Waals surface area contributed by atoms with Crippen LogP contribution in [0.25, 0.3) is 11.1 Å². The zero-order chi connectivity index (χ0) is 22.9. The first-order valence-corrected chi connectivity index (χ1v) is 10.9. The lowest BCUT2D eigenvalue weighted by Gasteiger charge is -2.23. The molecule has 0 atom stereocenters. The van der Waals surface area contributed by atoms with Crippen LogP contribution in [-0.2, 0) is 16.1 Å². The number of carbonyl (C=O) groups excluding carboxylic acids is 1. The van der Waals surface area contributed by atoms with E-state index < -0.39 is 5.97 Å². The highest BCUT2D eigenvalue weighted by atomic mass is 35.5. The maximum atomic E-state index is 12.9. The van der Waals surface area contributed by atoms with Crippen LogP contribution in [0.5, 0.6) is 5.75 Å². The van der Waals surface area contributed by atoms with E-state index in [2.05, 4.69) is 6.92 Å². The molecule has 0 aromatic heterocycles. The number of aliphatic carboxylic acids is 1. The Morgan fingerprint density at radius 2 is 1.62 bits per heavy atom. The van der Waals surface area contributed by atoms with Crippen molar-refractivity contribution in [3.63, 3.8) is 0 Å². The van der Waals surface area contributed by atoms with Gasteiger partial charge in [0.25, 0.3) is 0 Å². The van der Waals surface area contributed by atoms with Crippen molar-refractivity contribution in [3.05, 3.63) is 83.4 Å². The Bertz CT molecular complexity index is 1050. The highest BCUT2D eigenvalue weighted by Gasteiger charge is 2.16. The summed E-state index contributed by atoms with van der Waals surface area (Å²) in [6.45, 7) is 2.17. The predicted octanol–water partition coefficient (Wildman–Crippen LogP) is 6.19. The number of carbonyl (C=O) groups is 2. The Kier molecular flexibility index (Phi) is 8.28.